The number of benzene rings is 2. The summed E-state index contributed by atoms with van der Waals surface area (Å²) >= 11 is 0. The number of alkyl halides is 3. The Morgan fingerprint density at radius 3 is 2.56 bits per heavy atom. The Balaban J connectivity index is 1.54. The molecule has 0 radical (unpaired) electrons. The normalized spacial score (nSPS) is 11.5. The van der Waals surface area contributed by atoms with Gasteiger partial charge in [0, 0.05) is 24.2 Å². The lowest BCUT2D eigenvalue weighted by molar-refractivity contribution is -0.137. The molecule has 0 bridgehead atoms. The van der Waals surface area contributed by atoms with Gasteiger partial charge in [-0.2, -0.15) is 13.2 Å². The van der Waals surface area contributed by atoms with Crippen molar-refractivity contribution >= 4 is 16.8 Å². The molecule has 0 saturated carbocycles. The predicted molar refractivity (Wildman–Crippen MR) is 127 cm³/mol. The Hall–Kier alpha value is -4.21. The van der Waals surface area contributed by atoms with Crippen LogP contribution in [0.4, 0.5) is 13.2 Å². The molecular weight excluding hydrogens is 473 g/mol. The maximum atomic E-state index is 13.2. The van der Waals surface area contributed by atoms with Gasteiger partial charge >= 0.3 is 6.18 Å². The van der Waals surface area contributed by atoms with Crippen LogP contribution in [-0.2, 0) is 12.6 Å². The quantitative estimate of drug-likeness (QED) is 0.342. The number of carbonyl (C=O) groups is 1. The maximum absolute atomic E-state index is 13.2. The van der Waals surface area contributed by atoms with E-state index < -0.39 is 17.6 Å². The summed E-state index contributed by atoms with van der Waals surface area (Å²) in [6, 6.07) is 14.8. The molecule has 0 fully saturated rings. The van der Waals surface area contributed by atoms with Crippen molar-refractivity contribution in [3.8, 4) is 17.5 Å². The third-order valence-corrected chi connectivity index (χ3v) is 5.09. The highest BCUT2D eigenvalue weighted by molar-refractivity contribution is 6.07. The molecule has 186 valence electrons. The maximum Gasteiger partial charge on any atom is 0.416 e. The van der Waals surface area contributed by atoms with Crippen molar-refractivity contribution in [2.75, 3.05) is 6.54 Å². The Labute approximate surface area is 205 Å². The molecule has 0 spiro atoms. The van der Waals surface area contributed by atoms with E-state index in [-0.39, 0.29) is 29.8 Å². The smallest absolute Gasteiger partial charge is 0.416 e. The second-order valence-corrected chi connectivity index (χ2v) is 8.20. The number of carbonyl (C=O) groups excluding carboxylic acids is 1. The number of fused-ring (bicyclic) bond motifs is 1. The second kappa shape index (κ2) is 10.6. The number of pyridine rings is 1. The van der Waals surface area contributed by atoms with E-state index in [9.17, 15) is 18.0 Å². The van der Waals surface area contributed by atoms with E-state index in [2.05, 4.69) is 20.5 Å². The van der Waals surface area contributed by atoms with E-state index >= 15 is 0 Å². The summed E-state index contributed by atoms with van der Waals surface area (Å²) in [6.07, 6.45) is -2.35. The van der Waals surface area contributed by atoms with Gasteiger partial charge in [-0.25, -0.2) is 4.98 Å². The van der Waals surface area contributed by atoms with Gasteiger partial charge in [-0.3, -0.25) is 4.79 Å². The molecule has 2 aromatic carbocycles. The van der Waals surface area contributed by atoms with Crippen LogP contribution in [0.25, 0.3) is 10.9 Å². The van der Waals surface area contributed by atoms with Crippen molar-refractivity contribution in [2.45, 2.75) is 32.5 Å². The zero-order valence-electron chi connectivity index (χ0n) is 19.5. The van der Waals surface area contributed by atoms with E-state index in [1.807, 2.05) is 19.9 Å². The van der Waals surface area contributed by atoms with Crippen LogP contribution in [0, 0.1) is 0 Å². The van der Waals surface area contributed by atoms with Crippen molar-refractivity contribution < 1.29 is 27.4 Å². The van der Waals surface area contributed by atoms with Gasteiger partial charge in [0.15, 0.2) is 0 Å². The molecule has 2 aromatic heterocycles. The number of nitrogens with one attached hydrogen (secondary N) is 1. The van der Waals surface area contributed by atoms with Crippen molar-refractivity contribution in [1.82, 2.24) is 20.5 Å². The van der Waals surface area contributed by atoms with Crippen molar-refractivity contribution in [1.29, 1.82) is 0 Å². The van der Waals surface area contributed by atoms with Crippen LogP contribution in [0.15, 0.2) is 66.9 Å². The highest BCUT2D eigenvalue weighted by Crippen LogP contribution is 2.34. The average Bonchev–Trinajstić information content (AvgIpc) is 2.84. The number of hydrogen-bond donors (Lipinski definition) is 1. The van der Waals surface area contributed by atoms with Crippen LogP contribution in [0.3, 0.4) is 0 Å². The monoisotopic (exact) mass is 496 g/mol. The number of hydrogen-bond acceptors (Lipinski definition) is 6. The molecular formula is C26H23F3N4O3. The summed E-state index contributed by atoms with van der Waals surface area (Å²) in [5.41, 5.74) is 0.545. The van der Waals surface area contributed by atoms with Crippen molar-refractivity contribution in [2.24, 2.45) is 0 Å². The SMILES string of the molecule is CC(C)Oc1ccc(CCNC(=O)c2c(Oc3cccc(C(F)(F)F)c3)nnc3ccccc23)cn1. The topological polar surface area (TPSA) is 86.2 Å². The Morgan fingerprint density at radius 2 is 1.83 bits per heavy atom. The fourth-order valence-electron chi connectivity index (χ4n) is 3.45. The van der Waals surface area contributed by atoms with Gasteiger partial charge in [-0.05, 0) is 50.1 Å². The lowest BCUT2D eigenvalue weighted by Crippen LogP contribution is -2.26. The fourth-order valence-corrected chi connectivity index (χ4v) is 3.45. The largest absolute Gasteiger partial charge is 0.475 e. The molecule has 4 rings (SSSR count). The number of rotatable bonds is 8. The van der Waals surface area contributed by atoms with Gasteiger partial charge in [0.05, 0.1) is 17.2 Å². The third kappa shape index (κ3) is 6.07. The first-order valence-electron chi connectivity index (χ1n) is 11.2. The van der Waals surface area contributed by atoms with Crippen LogP contribution < -0.4 is 14.8 Å². The fraction of sp³-hybridized carbons (Fsp3) is 0.231. The summed E-state index contributed by atoms with van der Waals surface area (Å²) in [4.78, 5) is 17.4. The zero-order valence-corrected chi connectivity index (χ0v) is 19.5. The third-order valence-electron chi connectivity index (χ3n) is 5.09. The van der Waals surface area contributed by atoms with E-state index in [1.165, 1.54) is 12.1 Å². The molecule has 0 aliphatic carbocycles. The van der Waals surface area contributed by atoms with Crippen LogP contribution in [0.2, 0.25) is 0 Å². The molecule has 10 heteroatoms. The molecule has 2 heterocycles. The summed E-state index contributed by atoms with van der Waals surface area (Å²) in [6.45, 7) is 4.10. The molecule has 0 aliphatic rings. The van der Waals surface area contributed by atoms with Crippen molar-refractivity contribution in [3.05, 3.63) is 83.6 Å². The standard InChI is InChI=1S/C26H23F3N4O3/c1-16(2)35-22-11-10-17(15-31-22)12-13-30-24(34)23-20-8-3-4-9-21(20)32-33-25(23)36-19-7-5-6-18(14-19)26(27,28)29/h3-11,14-16H,12-13H2,1-2H3,(H,30,34). The minimum atomic E-state index is -4.54. The summed E-state index contributed by atoms with van der Waals surface area (Å²) in [5.74, 6) is -0.278. The number of aromatic nitrogens is 3. The first-order valence-corrected chi connectivity index (χ1v) is 11.2. The van der Waals surface area contributed by atoms with Gasteiger partial charge in [0.25, 0.3) is 11.8 Å². The van der Waals surface area contributed by atoms with E-state index in [0.29, 0.717) is 23.2 Å². The molecule has 0 unspecified atom stereocenters. The Bertz CT molecular complexity index is 1360. The first-order chi connectivity index (χ1) is 17.2. The number of amides is 1. The minimum Gasteiger partial charge on any atom is -0.475 e. The average molecular weight is 496 g/mol. The van der Waals surface area contributed by atoms with E-state index in [1.54, 1.807) is 36.5 Å². The predicted octanol–water partition coefficient (Wildman–Crippen LogP) is 5.60. The zero-order chi connectivity index (χ0) is 25.7. The summed E-state index contributed by atoms with van der Waals surface area (Å²) in [5, 5.41) is 11.3. The van der Waals surface area contributed by atoms with Gasteiger partial charge in [0.1, 0.15) is 11.3 Å². The number of halogens is 3. The minimum absolute atomic E-state index is 0.0128. The summed E-state index contributed by atoms with van der Waals surface area (Å²) < 4.78 is 50.5. The second-order valence-electron chi connectivity index (χ2n) is 8.20. The molecule has 36 heavy (non-hydrogen) atoms. The lowest BCUT2D eigenvalue weighted by Gasteiger charge is -2.14. The molecule has 0 saturated heterocycles. The molecule has 1 N–H and O–H groups in total. The Morgan fingerprint density at radius 1 is 1.03 bits per heavy atom. The van der Waals surface area contributed by atoms with E-state index in [0.717, 1.165) is 17.7 Å². The highest BCUT2D eigenvalue weighted by atomic mass is 19.4. The number of nitrogens with zero attached hydrogens (tertiary/aromatic N) is 3. The van der Waals surface area contributed by atoms with Gasteiger partial charge in [-0.1, -0.05) is 30.3 Å². The first kappa shape index (κ1) is 24.9. The summed E-state index contributed by atoms with van der Waals surface area (Å²) in [7, 11) is 0. The molecule has 7 nitrogen and oxygen atoms in total. The Kier molecular flexibility index (Phi) is 7.33. The molecule has 4 aromatic rings. The molecule has 1 amide bonds. The lowest BCUT2D eigenvalue weighted by atomic mass is 10.1. The van der Waals surface area contributed by atoms with E-state index in [4.69, 9.17) is 9.47 Å². The van der Waals surface area contributed by atoms with Crippen LogP contribution >= 0.6 is 0 Å². The molecule has 0 atom stereocenters. The van der Waals surface area contributed by atoms with Gasteiger partial charge < -0.3 is 14.8 Å². The highest BCUT2D eigenvalue weighted by Gasteiger charge is 2.31. The van der Waals surface area contributed by atoms with Crippen LogP contribution in [0.5, 0.6) is 17.5 Å². The molecule has 0 aliphatic heterocycles. The van der Waals surface area contributed by atoms with Crippen LogP contribution in [-0.4, -0.2) is 33.7 Å². The number of ether oxygens (including phenoxy) is 2. The van der Waals surface area contributed by atoms with Gasteiger partial charge in [-0.15, -0.1) is 10.2 Å². The van der Waals surface area contributed by atoms with Gasteiger partial charge in [0.2, 0.25) is 5.88 Å². The van der Waals surface area contributed by atoms with Crippen LogP contribution in [0.1, 0.15) is 35.3 Å². The van der Waals surface area contributed by atoms with Crippen molar-refractivity contribution in [3.63, 3.8) is 0 Å².